The second kappa shape index (κ2) is 10.4. The van der Waals surface area contributed by atoms with Crippen LogP contribution in [0.25, 0.3) is 6.08 Å². The second-order valence-corrected chi connectivity index (χ2v) is 10.7. The highest BCUT2D eigenvalue weighted by molar-refractivity contribution is 7.99. The van der Waals surface area contributed by atoms with Gasteiger partial charge in [-0.2, -0.15) is 0 Å². The number of carboxylic acid groups (broad SMARTS) is 1. The third kappa shape index (κ3) is 5.93. The van der Waals surface area contributed by atoms with Gasteiger partial charge in [-0.3, -0.25) is 0 Å². The van der Waals surface area contributed by atoms with Crippen molar-refractivity contribution >= 4 is 33.8 Å². The van der Waals surface area contributed by atoms with Crippen molar-refractivity contribution < 1.29 is 18.3 Å². The van der Waals surface area contributed by atoms with Gasteiger partial charge >= 0.3 is 5.97 Å². The van der Waals surface area contributed by atoms with E-state index in [-0.39, 0.29) is 17.4 Å². The zero-order valence-electron chi connectivity index (χ0n) is 18.0. The Balaban J connectivity index is 1.49. The maximum absolute atomic E-state index is 12.4. The maximum Gasteiger partial charge on any atom is 0.335 e. The van der Waals surface area contributed by atoms with E-state index in [9.17, 15) is 18.3 Å². The third-order valence-electron chi connectivity index (χ3n) is 5.61. The molecule has 0 heterocycles. The monoisotopic (exact) mass is 479 g/mol. The number of aromatic carboxylic acids is 1. The fourth-order valence-electron chi connectivity index (χ4n) is 3.97. The fourth-order valence-corrected chi connectivity index (χ4v) is 6.19. The molecule has 0 fully saturated rings. The predicted molar refractivity (Wildman–Crippen MR) is 134 cm³/mol. The number of carbonyl (C=O) groups is 1. The molecule has 0 amide bonds. The van der Waals surface area contributed by atoms with E-state index in [1.807, 2.05) is 48.5 Å². The lowest BCUT2D eigenvalue weighted by Crippen LogP contribution is -2.24. The molecule has 0 radical (unpaired) electrons. The number of thioether (sulfide) groups is 1. The van der Waals surface area contributed by atoms with Crippen LogP contribution < -0.4 is 4.72 Å². The van der Waals surface area contributed by atoms with Gasteiger partial charge in [0, 0.05) is 17.7 Å². The molecule has 33 heavy (non-hydrogen) atoms. The summed E-state index contributed by atoms with van der Waals surface area (Å²) in [5.74, 6) is -0.397. The maximum atomic E-state index is 12.4. The van der Waals surface area contributed by atoms with Gasteiger partial charge < -0.3 is 5.11 Å². The average Bonchev–Trinajstić information content (AvgIpc) is 2.98. The Hall–Kier alpha value is -2.87. The molecule has 0 spiro atoms. The van der Waals surface area contributed by atoms with E-state index in [0.717, 1.165) is 35.1 Å². The van der Waals surface area contributed by atoms with Gasteiger partial charge in [0.1, 0.15) is 0 Å². The van der Waals surface area contributed by atoms with E-state index >= 15 is 0 Å². The average molecular weight is 480 g/mol. The van der Waals surface area contributed by atoms with Crippen molar-refractivity contribution in [2.24, 2.45) is 0 Å². The van der Waals surface area contributed by atoms with Crippen LogP contribution in [0.5, 0.6) is 0 Å². The molecule has 7 heteroatoms. The second-order valence-electron chi connectivity index (χ2n) is 7.82. The summed E-state index contributed by atoms with van der Waals surface area (Å²) in [5.41, 5.74) is 5.63. The van der Waals surface area contributed by atoms with Gasteiger partial charge in [-0.05, 0) is 58.9 Å². The Morgan fingerprint density at radius 3 is 2.42 bits per heavy atom. The summed E-state index contributed by atoms with van der Waals surface area (Å²) in [5, 5.41) is 10.6. The first-order valence-electron chi connectivity index (χ1n) is 10.7. The number of carboxylic acids is 1. The Morgan fingerprint density at radius 1 is 0.970 bits per heavy atom. The standard InChI is InChI=1S/C26H25NO4S2/c28-26(29)22-13-12-21-11-10-20-8-4-5-9-23(20)25(24(21)18-22)32-16-15-27-33(30,31)17-14-19-6-2-1-3-7-19/h1-9,12-14,17-18,25,27H,10-11,15-16H2,(H,28,29)/b17-14+. The molecule has 5 nitrogen and oxygen atoms in total. The van der Waals surface area contributed by atoms with Crippen LogP contribution >= 0.6 is 11.8 Å². The first kappa shape index (κ1) is 23.3. The van der Waals surface area contributed by atoms with Crippen molar-refractivity contribution in [3.8, 4) is 0 Å². The minimum Gasteiger partial charge on any atom is -0.478 e. The van der Waals surface area contributed by atoms with Gasteiger partial charge in [-0.15, -0.1) is 11.8 Å². The van der Waals surface area contributed by atoms with E-state index in [1.54, 1.807) is 30.0 Å². The Bertz CT molecular complexity index is 1270. The summed E-state index contributed by atoms with van der Waals surface area (Å²) in [7, 11) is -3.55. The predicted octanol–water partition coefficient (Wildman–Crippen LogP) is 4.90. The minimum atomic E-state index is -3.55. The molecular weight excluding hydrogens is 454 g/mol. The minimum absolute atomic E-state index is 0.0534. The van der Waals surface area contributed by atoms with Crippen molar-refractivity contribution in [2.45, 2.75) is 18.1 Å². The van der Waals surface area contributed by atoms with Gasteiger partial charge in [0.05, 0.1) is 10.8 Å². The third-order valence-corrected chi connectivity index (χ3v) is 7.99. The first-order chi connectivity index (χ1) is 15.9. The smallest absolute Gasteiger partial charge is 0.335 e. The quantitative estimate of drug-likeness (QED) is 0.449. The highest BCUT2D eigenvalue weighted by Crippen LogP contribution is 2.42. The van der Waals surface area contributed by atoms with Gasteiger partial charge in [0.25, 0.3) is 0 Å². The van der Waals surface area contributed by atoms with Crippen molar-refractivity contribution in [2.75, 3.05) is 12.3 Å². The van der Waals surface area contributed by atoms with Crippen LogP contribution in [0.2, 0.25) is 0 Å². The lowest BCUT2D eigenvalue weighted by atomic mass is 9.98. The first-order valence-corrected chi connectivity index (χ1v) is 13.3. The molecule has 1 unspecified atom stereocenters. The number of aryl methyl sites for hydroxylation is 2. The summed E-state index contributed by atoms with van der Waals surface area (Å²) in [4.78, 5) is 11.6. The van der Waals surface area contributed by atoms with E-state index < -0.39 is 16.0 Å². The summed E-state index contributed by atoms with van der Waals surface area (Å²) in [6, 6.07) is 22.8. The largest absolute Gasteiger partial charge is 0.478 e. The van der Waals surface area contributed by atoms with Crippen LogP contribution in [0.4, 0.5) is 0 Å². The normalized spacial score (nSPS) is 15.6. The number of hydrogen-bond acceptors (Lipinski definition) is 4. The lowest BCUT2D eigenvalue weighted by molar-refractivity contribution is 0.0696. The molecule has 0 aliphatic heterocycles. The van der Waals surface area contributed by atoms with Crippen molar-refractivity contribution in [3.63, 3.8) is 0 Å². The number of rotatable bonds is 8. The molecule has 0 saturated heterocycles. The molecule has 2 N–H and O–H groups in total. The summed E-state index contributed by atoms with van der Waals surface area (Å²) in [6.45, 7) is 0.277. The Labute approximate surface area is 198 Å². The van der Waals surface area contributed by atoms with Crippen LogP contribution in [0, 0.1) is 0 Å². The summed E-state index contributed by atoms with van der Waals surface area (Å²) >= 11 is 1.63. The number of benzene rings is 3. The molecule has 0 bridgehead atoms. The van der Waals surface area contributed by atoms with Crippen molar-refractivity contribution in [3.05, 3.63) is 112 Å². The molecule has 3 aromatic carbocycles. The number of sulfonamides is 1. The molecule has 0 aromatic heterocycles. The van der Waals surface area contributed by atoms with Crippen LogP contribution in [-0.2, 0) is 22.9 Å². The van der Waals surface area contributed by atoms with Gasteiger partial charge in [-0.1, -0.05) is 60.7 Å². The summed E-state index contributed by atoms with van der Waals surface area (Å²) < 4.78 is 27.3. The van der Waals surface area contributed by atoms with Crippen molar-refractivity contribution in [1.82, 2.24) is 4.72 Å². The van der Waals surface area contributed by atoms with Crippen LogP contribution in [0.3, 0.4) is 0 Å². The molecule has 1 atom stereocenters. The fraction of sp³-hybridized carbons (Fsp3) is 0.192. The Kier molecular flexibility index (Phi) is 7.33. The molecule has 3 aromatic rings. The number of fused-ring (bicyclic) bond motifs is 2. The molecule has 170 valence electrons. The van der Waals surface area contributed by atoms with Crippen LogP contribution in [0.1, 0.15) is 43.4 Å². The Morgan fingerprint density at radius 2 is 1.67 bits per heavy atom. The van der Waals surface area contributed by atoms with Crippen LogP contribution in [-0.4, -0.2) is 31.8 Å². The summed E-state index contributed by atoms with van der Waals surface area (Å²) in [6.07, 6.45) is 3.31. The van der Waals surface area contributed by atoms with Gasteiger partial charge in [-0.25, -0.2) is 17.9 Å². The molecular formula is C26H25NO4S2. The molecule has 0 saturated carbocycles. The van der Waals surface area contributed by atoms with Gasteiger partial charge in [0.2, 0.25) is 10.0 Å². The van der Waals surface area contributed by atoms with Crippen LogP contribution in [0.15, 0.2) is 78.2 Å². The van der Waals surface area contributed by atoms with E-state index in [4.69, 9.17) is 0 Å². The highest BCUT2D eigenvalue weighted by atomic mass is 32.2. The zero-order chi connectivity index (χ0) is 23.3. The molecule has 1 aliphatic rings. The SMILES string of the molecule is O=C(O)c1ccc2c(c1)C(SCCNS(=O)(=O)/C=C/c1ccccc1)c1ccccc1CC2. The topological polar surface area (TPSA) is 83.5 Å². The van der Waals surface area contributed by atoms with E-state index in [0.29, 0.717) is 5.75 Å². The molecule has 4 rings (SSSR count). The highest BCUT2D eigenvalue weighted by Gasteiger charge is 2.25. The van der Waals surface area contributed by atoms with Gasteiger partial charge in [0.15, 0.2) is 0 Å². The zero-order valence-corrected chi connectivity index (χ0v) is 19.6. The van der Waals surface area contributed by atoms with E-state index in [2.05, 4.69) is 16.9 Å². The number of nitrogens with one attached hydrogen (secondary N) is 1. The van der Waals surface area contributed by atoms with E-state index in [1.165, 1.54) is 11.0 Å². The van der Waals surface area contributed by atoms with Crippen molar-refractivity contribution in [1.29, 1.82) is 0 Å². The molecule has 1 aliphatic carbocycles. The number of hydrogen-bond donors (Lipinski definition) is 2. The lowest BCUT2D eigenvalue weighted by Gasteiger charge is -2.20.